The Balaban J connectivity index is 0.00000306. The Morgan fingerprint density at radius 2 is 1.27 bits per heavy atom. The van der Waals surface area contributed by atoms with E-state index < -0.39 is 5.60 Å². The highest BCUT2D eigenvalue weighted by Gasteiger charge is 2.41. The van der Waals surface area contributed by atoms with Gasteiger partial charge in [-0.15, -0.1) is 12.4 Å². The summed E-state index contributed by atoms with van der Waals surface area (Å²) in [4.78, 5) is 14.8. The van der Waals surface area contributed by atoms with E-state index in [0.717, 1.165) is 62.0 Å². The van der Waals surface area contributed by atoms with Gasteiger partial charge in [-0.3, -0.25) is 4.79 Å². The molecule has 0 bridgehead atoms. The summed E-state index contributed by atoms with van der Waals surface area (Å²) in [5.74, 6) is 0.420. The zero-order valence-corrected chi connectivity index (χ0v) is 19.9. The number of ketones is 1. The molecule has 4 heteroatoms. The van der Waals surface area contributed by atoms with Crippen molar-refractivity contribution in [2.75, 3.05) is 19.6 Å². The van der Waals surface area contributed by atoms with Gasteiger partial charge in [0.05, 0.1) is 0 Å². The maximum atomic E-state index is 12.3. The summed E-state index contributed by atoms with van der Waals surface area (Å²) in [6, 6.07) is 29.8. The van der Waals surface area contributed by atoms with Crippen LogP contribution in [0.25, 0.3) is 0 Å². The summed E-state index contributed by atoms with van der Waals surface area (Å²) in [5.41, 5.74) is 1.80. The number of carbonyl (C=O) groups excluding carboxylic acids is 1. The Morgan fingerprint density at radius 1 is 0.788 bits per heavy atom. The molecule has 0 saturated carbocycles. The fraction of sp³-hybridized carbons (Fsp3) is 0.345. The van der Waals surface area contributed by atoms with Gasteiger partial charge in [0, 0.05) is 12.0 Å². The number of hydrogen-bond donors (Lipinski definition) is 1. The molecular weight excluding hydrogens is 430 g/mol. The van der Waals surface area contributed by atoms with Crippen LogP contribution in [0.5, 0.6) is 0 Å². The van der Waals surface area contributed by atoms with Crippen molar-refractivity contribution < 1.29 is 9.90 Å². The summed E-state index contributed by atoms with van der Waals surface area (Å²) in [5, 5.41) is 12.0. The number of piperidine rings is 1. The van der Waals surface area contributed by atoms with Crippen LogP contribution in [-0.4, -0.2) is 35.4 Å². The van der Waals surface area contributed by atoms with Gasteiger partial charge in [-0.25, -0.2) is 0 Å². The van der Waals surface area contributed by atoms with Gasteiger partial charge in [0.25, 0.3) is 0 Å². The first kappa shape index (κ1) is 25.2. The Kier molecular flexibility index (Phi) is 9.25. The standard InChI is InChI=1S/C29H33NO2.ClH/c31-28(24-12-4-1-5-13-24)18-10-11-21-30-22-19-27(20-23-30)29(32,25-14-6-2-7-15-25)26-16-8-3-9-17-26;/h1-9,12-17,27,32H,10-11,18-23H2;1H. The monoisotopic (exact) mass is 463 g/mol. The fourth-order valence-corrected chi connectivity index (χ4v) is 4.99. The third kappa shape index (κ3) is 6.11. The number of benzene rings is 3. The zero-order valence-electron chi connectivity index (χ0n) is 19.1. The van der Waals surface area contributed by atoms with E-state index in [1.165, 1.54) is 0 Å². The number of carbonyl (C=O) groups is 1. The lowest BCUT2D eigenvalue weighted by Crippen LogP contribution is -2.44. The topological polar surface area (TPSA) is 40.5 Å². The van der Waals surface area contributed by atoms with Gasteiger partial charge in [0.1, 0.15) is 5.60 Å². The number of Topliss-reactive ketones (excluding diaryl/α,β-unsaturated/α-hetero) is 1. The fourth-order valence-electron chi connectivity index (χ4n) is 4.99. The van der Waals surface area contributed by atoms with Crippen LogP contribution >= 0.6 is 12.4 Å². The van der Waals surface area contributed by atoms with E-state index in [0.29, 0.717) is 6.42 Å². The molecule has 0 aliphatic carbocycles. The Labute approximate surface area is 203 Å². The second kappa shape index (κ2) is 12.1. The lowest BCUT2D eigenvalue weighted by molar-refractivity contribution is -0.0143. The van der Waals surface area contributed by atoms with Crippen molar-refractivity contribution in [3.8, 4) is 0 Å². The summed E-state index contributed by atoms with van der Waals surface area (Å²) >= 11 is 0. The number of likely N-dealkylation sites (tertiary alicyclic amines) is 1. The van der Waals surface area contributed by atoms with Gasteiger partial charge >= 0.3 is 0 Å². The average molecular weight is 464 g/mol. The van der Waals surface area contributed by atoms with Gasteiger partial charge in [0.15, 0.2) is 5.78 Å². The first-order valence-corrected chi connectivity index (χ1v) is 11.8. The molecule has 1 N–H and O–H groups in total. The molecule has 1 heterocycles. The van der Waals surface area contributed by atoms with Crippen molar-refractivity contribution in [3.05, 3.63) is 108 Å². The molecule has 1 saturated heterocycles. The third-order valence-corrected chi connectivity index (χ3v) is 6.83. The molecule has 0 amide bonds. The molecule has 0 radical (unpaired) electrons. The van der Waals surface area contributed by atoms with Crippen LogP contribution in [0.1, 0.15) is 53.6 Å². The number of unbranched alkanes of at least 4 members (excludes halogenated alkanes) is 1. The number of halogens is 1. The van der Waals surface area contributed by atoms with Crippen LogP contribution in [0.4, 0.5) is 0 Å². The minimum Gasteiger partial charge on any atom is -0.380 e. The molecule has 3 aromatic carbocycles. The van der Waals surface area contributed by atoms with Crippen molar-refractivity contribution in [2.24, 2.45) is 5.92 Å². The molecule has 4 rings (SSSR count). The smallest absolute Gasteiger partial charge is 0.162 e. The van der Waals surface area contributed by atoms with E-state index in [1.807, 2.05) is 91.0 Å². The molecule has 1 aliphatic heterocycles. The average Bonchev–Trinajstić information content (AvgIpc) is 2.88. The normalized spacial score (nSPS) is 15.1. The molecule has 174 valence electrons. The van der Waals surface area contributed by atoms with Gasteiger partial charge in [-0.05, 0) is 62.4 Å². The minimum absolute atomic E-state index is 0. The lowest BCUT2D eigenvalue weighted by atomic mass is 9.72. The highest BCUT2D eigenvalue weighted by molar-refractivity contribution is 5.95. The molecule has 0 unspecified atom stereocenters. The van der Waals surface area contributed by atoms with Crippen molar-refractivity contribution in [1.29, 1.82) is 0 Å². The Bertz CT molecular complexity index is 931. The van der Waals surface area contributed by atoms with Gasteiger partial charge in [-0.1, -0.05) is 91.0 Å². The second-order valence-electron chi connectivity index (χ2n) is 8.86. The molecule has 3 aromatic rings. The third-order valence-electron chi connectivity index (χ3n) is 6.83. The Morgan fingerprint density at radius 3 is 1.79 bits per heavy atom. The number of rotatable bonds is 9. The van der Waals surface area contributed by atoms with Crippen LogP contribution < -0.4 is 0 Å². The van der Waals surface area contributed by atoms with Crippen LogP contribution in [0.2, 0.25) is 0 Å². The van der Waals surface area contributed by atoms with E-state index in [1.54, 1.807) is 0 Å². The summed E-state index contributed by atoms with van der Waals surface area (Å²) in [6.07, 6.45) is 4.49. The number of nitrogens with zero attached hydrogens (tertiary/aromatic N) is 1. The molecule has 1 aliphatic rings. The SMILES string of the molecule is Cl.O=C(CCCCN1CCC(C(O)(c2ccccc2)c2ccccc2)CC1)c1ccccc1. The second-order valence-corrected chi connectivity index (χ2v) is 8.86. The molecule has 3 nitrogen and oxygen atoms in total. The van der Waals surface area contributed by atoms with Gasteiger partial charge in [-0.2, -0.15) is 0 Å². The molecule has 0 aromatic heterocycles. The van der Waals surface area contributed by atoms with E-state index >= 15 is 0 Å². The van der Waals surface area contributed by atoms with E-state index in [-0.39, 0.29) is 24.1 Å². The number of aliphatic hydroxyl groups is 1. The van der Waals surface area contributed by atoms with Crippen molar-refractivity contribution >= 4 is 18.2 Å². The minimum atomic E-state index is -0.962. The predicted molar refractivity (Wildman–Crippen MR) is 137 cm³/mol. The highest BCUT2D eigenvalue weighted by atomic mass is 35.5. The maximum Gasteiger partial charge on any atom is 0.162 e. The van der Waals surface area contributed by atoms with Crippen molar-refractivity contribution in [3.63, 3.8) is 0 Å². The first-order chi connectivity index (χ1) is 15.7. The van der Waals surface area contributed by atoms with Crippen LogP contribution in [0.3, 0.4) is 0 Å². The van der Waals surface area contributed by atoms with E-state index in [2.05, 4.69) is 4.90 Å². The molecule has 33 heavy (non-hydrogen) atoms. The van der Waals surface area contributed by atoms with E-state index in [9.17, 15) is 9.90 Å². The molecule has 0 spiro atoms. The van der Waals surface area contributed by atoms with Crippen LogP contribution in [0, 0.1) is 5.92 Å². The van der Waals surface area contributed by atoms with Gasteiger partial charge in [0.2, 0.25) is 0 Å². The maximum absolute atomic E-state index is 12.3. The van der Waals surface area contributed by atoms with Gasteiger partial charge < -0.3 is 10.0 Å². The first-order valence-electron chi connectivity index (χ1n) is 11.8. The summed E-state index contributed by atoms with van der Waals surface area (Å²) in [7, 11) is 0. The van der Waals surface area contributed by atoms with Crippen LogP contribution in [0.15, 0.2) is 91.0 Å². The summed E-state index contributed by atoms with van der Waals surface area (Å²) < 4.78 is 0. The highest BCUT2D eigenvalue weighted by Crippen LogP contribution is 2.41. The molecular formula is C29H34ClNO2. The quantitative estimate of drug-likeness (QED) is 0.307. The molecule has 0 atom stereocenters. The van der Waals surface area contributed by atoms with E-state index in [4.69, 9.17) is 0 Å². The zero-order chi connectivity index (χ0) is 22.2. The molecule has 1 fully saturated rings. The van der Waals surface area contributed by atoms with Crippen LogP contribution in [-0.2, 0) is 5.60 Å². The largest absolute Gasteiger partial charge is 0.380 e. The van der Waals surface area contributed by atoms with Crippen molar-refractivity contribution in [1.82, 2.24) is 4.90 Å². The van der Waals surface area contributed by atoms with Crippen molar-refractivity contribution in [2.45, 2.75) is 37.7 Å². The number of hydrogen-bond acceptors (Lipinski definition) is 3. The Hall–Kier alpha value is -2.46. The lowest BCUT2D eigenvalue weighted by Gasteiger charge is -2.42. The predicted octanol–water partition coefficient (Wildman–Crippen LogP) is 6.11. The summed E-state index contributed by atoms with van der Waals surface area (Å²) in [6.45, 7) is 2.99.